The van der Waals surface area contributed by atoms with Crippen LogP contribution in [0.15, 0.2) is 18.2 Å². The third kappa shape index (κ3) is 2.36. The van der Waals surface area contributed by atoms with E-state index in [9.17, 15) is 0 Å². The first-order valence-electron chi connectivity index (χ1n) is 5.92. The highest BCUT2D eigenvalue weighted by Crippen LogP contribution is 2.26. The van der Waals surface area contributed by atoms with E-state index in [1.165, 1.54) is 5.56 Å². The zero-order chi connectivity index (χ0) is 12.1. The lowest BCUT2D eigenvalue weighted by atomic mass is 10.1. The molecular formula is C14H20N2. The summed E-state index contributed by atoms with van der Waals surface area (Å²) in [6.45, 7) is 9.53. The van der Waals surface area contributed by atoms with E-state index in [0.717, 1.165) is 24.2 Å². The maximum Gasteiger partial charge on any atom is 0.101 e. The van der Waals surface area contributed by atoms with Crippen LogP contribution >= 0.6 is 0 Å². The lowest BCUT2D eigenvalue weighted by Gasteiger charge is -2.31. The van der Waals surface area contributed by atoms with Gasteiger partial charge in [0.25, 0.3) is 0 Å². The van der Waals surface area contributed by atoms with Crippen LogP contribution in [0.2, 0.25) is 0 Å². The number of rotatable bonds is 4. The lowest BCUT2D eigenvalue weighted by Crippen LogP contribution is -2.33. The molecule has 1 unspecified atom stereocenters. The Bertz CT molecular complexity index is 390. The molecule has 0 spiro atoms. The summed E-state index contributed by atoms with van der Waals surface area (Å²) in [7, 11) is 0. The molecule has 0 aromatic heterocycles. The predicted octanol–water partition coefficient (Wildman–Crippen LogP) is 3.49. The fourth-order valence-corrected chi connectivity index (χ4v) is 2.04. The maximum absolute atomic E-state index is 9.17. The van der Waals surface area contributed by atoms with Crippen LogP contribution in [0.5, 0.6) is 0 Å². The van der Waals surface area contributed by atoms with Crippen LogP contribution in [0.1, 0.15) is 38.3 Å². The van der Waals surface area contributed by atoms with Gasteiger partial charge in [0.1, 0.15) is 6.07 Å². The average molecular weight is 216 g/mol. The number of benzene rings is 1. The van der Waals surface area contributed by atoms with Crippen molar-refractivity contribution in [3.05, 3.63) is 29.3 Å². The van der Waals surface area contributed by atoms with E-state index in [2.05, 4.69) is 44.7 Å². The van der Waals surface area contributed by atoms with E-state index >= 15 is 0 Å². The van der Waals surface area contributed by atoms with Gasteiger partial charge in [0.15, 0.2) is 0 Å². The largest absolute Gasteiger partial charge is 0.368 e. The number of para-hydroxylation sites is 1. The van der Waals surface area contributed by atoms with Crippen molar-refractivity contribution in [3.8, 4) is 6.07 Å². The average Bonchev–Trinajstić information content (AvgIpc) is 2.31. The third-order valence-corrected chi connectivity index (χ3v) is 3.11. The Hall–Kier alpha value is -1.49. The van der Waals surface area contributed by atoms with Crippen molar-refractivity contribution < 1.29 is 0 Å². The van der Waals surface area contributed by atoms with E-state index in [0.29, 0.717) is 6.04 Å². The number of aryl methyl sites for hydroxylation is 1. The molecule has 1 aromatic rings. The summed E-state index contributed by atoms with van der Waals surface area (Å²) in [6, 6.07) is 8.67. The van der Waals surface area contributed by atoms with Gasteiger partial charge in [-0.15, -0.1) is 0 Å². The van der Waals surface area contributed by atoms with Crippen molar-refractivity contribution in [2.75, 3.05) is 11.4 Å². The molecule has 0 fully saturated rings. The minimum absolute atomic E-state index is 0.471. The molecule has 0 N–H and O–H groups in total. The standard InChI is InChI=1S/C14H20N2/c1-5-12(4)16(6-2)14-11(3)8-7-9-13(14)10-15/h7-9,12H,5-6H2,1-4H3. The quantitative estimate of drug-likeness (QED) is 0.770. The Labute approximate surface area is 98.5 Å². The van der Waals surface area contributed by atoms with Gasteiger partial charge in [-0.2, -0.15) is 5.26 Å². The van der Waals surface area contributed by atoms with Crippen LogP contribution in [0.25, 0.3) is 0 Å². The molecule has 0 heterocycles. The molecule has 2 nitrogen and oxygen atoms in total. The number of hydrogen-bond acceptors (Lipinski definition) is 2. The molecule has 0 aliphatic rings. The van der Waals surface area contributed by atoms with E-state index < -0.39 is 0 Å². The van der Waals surface area contributed by atoms with Gasteiger partial charge in [-0.1, -0.05) is 19.1 Å². The Balaban J connectivity index is 3.24. The SMILES string of the molecule is CCC(C)N(CC)c1c(C)cccc1C#N. The minimum Gasteiger partial charge on any atom is -0.368 e. The number of nitrogens with zero attached hydrogens (tertiary/aromatic N) is 2. The fraction of sp³-hybridized carbons (Fsp3) is 0.500. The summed E-state index contributed by atoms with van der Waals surface area (Å²) in [5.74, 6) is 0. The molecule has 0 amide bonds. The second kappa shape index (κ2) is 5.55. The van der Waals surface area contributed by atoms with Crippen molar-refractivity contribution in [1.29, 1.82) is 5.26 Å². The van der Waals surface area contributed by atoms with Crippen molar-refractivity contribution >= 4 is 5.69 Å². The molecule has 1 aromatic carbocycles. The van der Waals surface area contributed by atoms with Crippen LogP contribution in [0.4, 0.5) is 5.69 Å². The van der Waals surface area contributed by atoms with Crippen LogP contribution < -0.4 is 4.90 Å². The Morgan fingerprint density at radius 1 is 1.38 bits per heavy atom. The van der Waals surface area contributed by atoms with Crippen molar-refractivity contribution in [2.45, 2.75) is 40.2 Å². The second-order valence-corrected chi connectivity index (χ2v) is 4.13. The topological polar surface area (TPSA) is 27.0 Å². The molecular weight excluding hydrogens is 196 g/mol. The monoisotopic (exact) mass is 216 g/mol. The molecule has 86 valence electrons. The number of nitriles is 1. The van der Waals surface area contributed by atoms with Gasteiger partial charge < -0.3 is 4.90 Å². The maximum atomic E-state index is 9.17. The molecule has 0 radical (unpaired) electrons. The molecule has 0 saturated heterocycles. The first kappa shape index (κ1) is 12.6. The zero-order valence-electron chi connectivity index (χ0n) is 10.6. The molecule has 0 bridgehead atoms. The summed E-state index contributed by atoms with van der Waals surface area (Å²) in [4.78, 5) is 2.31. The van der Waals surface area contributed by atoms with Crippen molar-refractivity contribution in [3.63, 3.8) is 0 Å². The Kier molecular flexibility index (Phi) is 4.37. The highest BCUT2D eigenvalue weighted by atomic mass is 15.2. The summed E-state index contributed by atoms with van der Waals surface area (Å²) in [6.07, 6.45) is 1.09. The predicted molar refractivity (Wildman–Crippen MR) is 68.7 cm³/mol. The lowest BCUT2D eigenvalue weighted by molar-refractivity contribution is 0.628. The summed E-state index contributed by atoms with van der Waals surface area (Å²) in [5.41, 5.74) is 3.06. The van der Waals surface area contributed by atoms with Crippen molar-refractivity contribution in [2.24, 2.45) is 0 Å². The highest BCUT2D eigenvalue weighted by molar-refractivity contribution is 5.64. The molecule has 1 rings (SSSR count). The summed E-state index contributed by atoms with van der Waals surface area (Å²) in [5, 5.41) is 9.17. The van der Waals surface area contributed by atoms with Crippen LogP contribution in [-0.4, -0.2) is 12.6 Å². The van der Waals surface area contributed by atoms with Gasteiger partial charge in [-0.05, 0) is 38.8 Å². The second-order valence-electron chi connectivity index (χ2n) is 4.13. The van der Waals surface area contributed by atoms with Crippen LogP contribution in [-0.2, 0) is 0 Å². The Morgan fingerprint density at radius 2 is 2.06 bits per heavy atom. The molecule has 2 heteroatoms. The number of hydrogen-bond donors (Lipinski definition) is 0. The molecule has 1 atom stereocenters. The first-order chi connectivity index (χ1) is 7.65. The van der Waals surface area contributed by atoms with E-state index in [1.54, 1.807) is 0 Å². The molecule has 0 aliphatic heterocycles. The normalized spacial score (nSPS) is 11.9. The molecule has 16 heavy (non-hydrogen) atoms. The highest BCUT2D eigenvalue weighted by Gasteiger charge is 2.16. The Morgan fingerprint density at radius 3 is 2.56 bits per heavy atom. The smallest absolute Gasteiger partial charge is 0.101 e. The molecule has 0 aliphatic carbocycles. The van der Waals surface area contributed by atoms with Gasteiger partial charge in [-0.3, -0.25) is 0 Å². The van der Waals surface area contributed by atoms with E-state index in [1.807, 2.05) is 12.1 Å². The molecule has 0 saturated carbocycles. The van der Waals surface area contributed by atoms with E-state index in [4.69, 9.17) is 5.26 Å². The van der Waals surface area contributed by atoms with Gasteiger partial charge in [0, 0.05) is 12.6 Å². The van der Waals surface area contributed by atoms with Gasteiger partial charge in [0.2, 0.25) is 0 Å². The van der Waals surface area contributed by atoms with Gasteiger partial charge >= 0.3 is 0 Å². The first-order valence-corrected chi connectivity index (χ1v) is 5.92. The zero-order valence-corrected chi connectivity index (χ0v) is 10.6. The minimum atomic E-state index is 0.471. The fourth-order valence-electron chi connectivity index (χ4n) is 2.04. The van der Waals surface area contributed by atoms with Crippen LogP contribution in [0.3, 0.4) is 0 Å². The summed E-state index contributed by atoms with van der Waals surface area (Å²) >= 11 is 0. The summed E-state index contributed by atoms with van der Waals surface area (Å²) < 4.78 is 0. The van der Waals surface area contributed by atoms with Crippen molar-refractivity contribution in [1.82, 2.24) is 0 Å². The number of anilines is 1. The third-order valence-electron chi connectivity index (χ3n) is 3.11. The van der Waals surface area contributed by atoms with Gasteiger partial charge in [-0.25, -0.2) is 0 Å². The van der Waals surface area contributed by atoms with Crippen LogP contribution in [0, 0.1) is 18.3 Å². The van der Waals surface area contributed by atoms with Gasteiger partial charge in [0.05, 0.1) is 11.3 Å². The van der Waals surface area contributed by atoms with E-state index in [-0.39, 0.29) is 0 Å².